The highest BCUT2D eigenvalue weighted by atomic mass is 79.9. The van der Waals surface area contributed by atoms with Gasteiger partial charge in [0.2, 0.25) is 0 Å². The first-order chi connectivity index (χ1) is 10.2. The Morgan fingerprint density at radius 3 is 2.23 bits per heavy atom. The molecule has 1 rings (SSSR count). The van der Waals surface area contributed by atoms with Gasteiger partial charge in [0.15, 0.2) is 0 Å². The SMILES string of the molecule is CCC/C(CC)=C(\CC)c1cc(Br)c(OC(F)(F)F)cc1C. The molecular weight excluding hydrogens is 357 g/mol. The normalized spacial score (nSPS) is 13.1. The largest absolute Gasteiger partial charge is 0.573 e. The summed E-state index contributed by atoms with van der Waals surface area (Å²) < 4.78 is 41.6. The van der Waals surface area contributed by atoms with E-state index >= 15 is 0 Å². The number of aryl methyl sites for hydroxylation is 1. The standard InChI is InChI=1S/C17H22BrF3O/c1-5-8-12(6-2)13(7-3)14-10-15(18)16(9-11(14)4)22-17(19,20)21/h9-10H,5-8H2,1-4H3/b13-12+. The molecule has 0 aliphatic carbocycles. The zero-order valence-electron chi connectivity index (χ0n) is 13.4. The Kier molecular flexibility index (Phi) is 6.98. The van der Waals surface area contributed by atoms with Crippen LogP contribution in [0.25, 0.3) is 5.57 Å². The maximum Gasteiger partial charge on any atom is 0.573 e. The van der Waals surface area contributed by atoms with Crippen molar-refractivity contribution >= 4 is 21.5 Å². The molecule has 0 aliphatic rings. The minimum absolute atomic E-state index is 0.197. The molecule has 0 N–H and O–H groups in total. The van der Waals surface area contributed by atoms with Gasteiger partial charge in [-0.05, 0) is 70.9 Å². The van der Waals surface area contributed by atoms with Crippen LogP contribution in [-0.4, -0.2) is 6.36 Å². The first-order valence-corrected chi connectivity index (χ1v) is 8.29. The molecule has 0 amide bonds. The smallest absolute Gasteiger partial charge is 0.405 e. The molecule has 1 aromatic rings. The number of alkyl halides is 3. The number of allylic oxidation sites excluding steroid dienone is 2. The summed E-state index contributed by atoms with van der Waals surface area (Å²) >= 11 is 3.19. The summed E-state index contributed by atoms with van der Waals surface area (Å²) in [5, 5.41) is 0. The second kappa shape index (κ2) is 8.04. The molecule has 0 fully saturated rings. The van der Waals surface area contributed by atoms with Crippen molar-refractivity contribution in [2.75, 3.05) is 0 Å². The first-order valence-electron chi connectivity index (χ1n) is 7.50. The Bertz CT molecular complexity index is 548. The van der Waals surface area contributed by atoms with E-state index in [-0.39, 0.29) is 5.75 Å². The first kappa shape index (κ1) is 19.1. The van der Waals surface area contributed by atoms with Crippen molar-refractivity contribution in [1.29, 1.82) is 0 Å². The van der Waals surface area contributed by atoms with Gasteiger partial charge in [-0.15, -0.1) is 13.2 Å². The van der Waals surface area contributed by atoms with Crippen LogP contribution in [0.4, 0.5) is 13.2 Å². The fraction of sp³-hybridized carbons (Fsp3) is 0.529. The van der Waals surface area contributed by atoms with E-state index in [0.717, 1.165) is 36.8 Å². The third-order valence-corrected chi connectivity index (χ3v) is 4.21. The molecule has 1 aromatic carbocycles. The highest BCUT2D eigenvalue weighted by Crippen LogP contribution is 2.37. The van der Waals surface area contributed by atoms with E-state index < -0.39 is 6.36 Å². The van der Waals surface area contributed by atoms with E-state index in [1.165, 1.54) is 17.2 Å². The summed E-state index contributed by atoms with van der Waals surface area (Å²) in [6, 6.07) is 3.18. The topological polar surface area (TPSA) is 9.23 Å². The van der Waals surface area contributed by atoms with Crippen molar-refractivity contribution in [3.63, 3.8) is 0 Å². The maximum atomic E-state index is 12.4. The maximum absolute atomic E-state index is 12.4. The molecule has 0 aliphatic heterocycles. The van der Waals surface area contributed by atoms with Gasteiger partial charge in [0.1, 0.15) is 5.75 Å². The Labute approximate surface area is 138 Å². The Morgan fingerprint density at radius 1 is 1.14 bits per heavy atom. The number of benzene rings is 1. The van der Waals surface area contributed by atoms with E-state index in [4.69, 9.17) is 0 Å². The average molecular weight is 379 g/mol. The third kappa shape index (κ3) is 5.04. The zero-order valence-corrected chi connectivity index (χ0v) is 15.0. The van der Waals surface area contributed by atoms with Crippen LogP contribution in [0.5, 0.6) is 5.75 Å². The Balaban J connectivity index is 3.34. The van der Waals surface area contributed by atoms with Gasteiger partial charge in [0.05, 0.1) is 4.47 Å². The van der Waals surface area contributed by atoms with Crippen LogP contribution in [0.1, 0.15) is 57.6 Å². The summed E-state index contributed by atoms with van der Waals surface area (Å²) in [6.45, 7) is 8.15. The van der Waals surface area contributed by atoms with Gasteiger partial charge in [0, 0.05) is 0 Å². The molecule has 0 heterocycles. The molecular formula is C17H22BrF3O. The number of rotatable bonds is 6. The minimum atomic E-state index is -4.68. The van der Waals surface area contributed by atoms with Gasteiger partial charge in [-0.25, -0.2) is 0 Å². The van der Waals surface area contributed by atoms with Crippen molar-refractivity contribution in [3.05, 3.63) is 33.3 Å². The number of ether oxygens (including phenoxy) is 1. The highest BCUT2D eigenvalue weighted by Gasteiger charge is 2.32. The van der Waals surface area contributed by atoms with Gasteiger partial charge >= 0.3 is 6.36 Å². The summed E-state index contributed by atoms with van der Waals surface area (Å²) in [5.41, 5.74) is 4.38. The lowest BCUT2D eigenvalue weighted by molar-refractivity contribution is -0.274. The van der Waals surface area contributed by atoms with E-state index in [2.05, 4.69) is 41.4 Å². The van der Waals surface area contributed by atoms with E-state index in [9.17, 15) is 13.2 Å². The van der Waals surface area contributed by atoms with E-state index in [0.29, 0.717) is 4.47 Å². The molecule has 0 spiro atoms. The lowest BCUT2D eigenvalue weighted by Crippen LogP contribution is -2.17. The van der Waals surface area contributed by atoms with Crippen molar-refractivity contribution in [1.82, 2.24) is 0 Å². The summed E-state index contributed by atoms with van der Waals surface area (Å²) in [6.07, 6.45) is -0.804. The highest BCUT2D eigenvalue weighted by molar-refractivity contribution is 9.10. The van der Waals surface area contributed by atoms with Crippen LogP contribution in [-0.2, 0) is 0 Å². The fourth-order valence-corrected chi connectivity index (χ4v) is 3.08. The summed E-state index contributed by atoms with van der Waals surface area (Å²) in [5.74, 6) is -0.197. The molecule has 124 valence electrons. The zero-order chi connectivity index (χ0) is 16.9. The predicted octanol–water partition coefficient (Wildman–Crippen LogP) is 7.03. The molecule has 0 saturated heterocycles. The minimum Gasteiger partial charge on any atom is -0.405 e. The predicted molar refractivity (Wildman–Crippen MR) is 88.0 cm³/mol. The molecule has 0 unspecified atom stereocenters. The van der Waals surface area contributed by atoms with Gasteiger partial charge in [-0.1, -0.05) is 32.8 Å². The lowest BCUT2D eigenvalue weighted by atomic mass is 9.91. The molecule has 0 atom stereocenters. The second-order valence-electron chi connectivity index (χ2n) is 5.18. The van der Waals surface area contributed by atoms with Crippen molar-refractivity contribution in [3.8, 4) is 5.75 Å². The average Bonchev–Trinajstić information content (AvgIpc) is 2.42. The number of halogens is 4. The monoisotopic (exact) mass is 378 g/mol. The third-order valence-electron chi connectivity index (χ3n) is 3.59. The molecule has 22 heavy (non-hydrogen) atoms. The van der Waals surface area contributed by atoms with Crippen molar-refractivity contribution in [2.24, 2.45) is 0 Å². The van der Waals surface area contributed by atoms with Gasteiger partial charge in [0.25, 0.3) is 0 Å². The van der Waals surface area contributed by atoms with E-state index in [1.54, 1.807) is 6.07 Å². The van der Waals surface area contributed by atoms with Crippen molar-refractivity contribution in [2.45, 2.75) is 59.7 Å². The van der Waals surface area contributed by atoms with Crippen LogP contribution in [0, 0.1) is 6.92 Å². The van der Waals surface area contributed by atoms with Gasteiger partial charge in [-0.3, -0.25) is 0 Å². The number of hydrogen-bond donors (Lipinski definition) is 0. The molecule has 5 heteroatoms. The molecule has 1 nitrogen and oxygen atoms in total. The fourth-order valence-electron chi connectivity index (χ4n) is 2.66. The Morgan fingerprint density at radius 2 is 1.77 bits per heavy atom. The summed E-state index contributed by atoms with van der Waals surface area (Å²) in [4.78, 5) is 0. The molecule has 0 saturated carbocycles. The Hall–Kier alpha value is -0.970. The second-order valence-corrected chi connectivity index (χ2v) is 6.04. The van der Waals surface area contributed by atoms with E-state index in [1.807, 2.05) is 6.92 Å². The van der Waals surface area contributed by atoms with Crippen LogP contribution >= 0.6 is 15.9 Å². The summed E-state index contributed by atoms with van der Waals surface area (Å²) in [7, 11) is 0. The molecule has 0 aromatic heterocycles. The lowest BCUT2D eigenvalue weighted by Gasteiger charge is -2.18. The van der Waals surface area contributed by atoms with Gasteiger partial charge < -0.3 is 4.74 Å². The molecule has 0 bridgehead atoms. The van der Waals surface area contributed by atoms with Crippen LogP contribution in [0.3, 0.4) is 0 Å². The van der Waals surface area contributed by atoms with Crippen LogP contribution in [0.2, 0.25) is 0 Å². The number of hydrogen-bond acceptors (Lipinski definition) is 1. The van der Waals surface area contributed by atoms with Crippen LogP contribution < -0.4 is 4.74 Å². The quantitative estimate of drug-likeness (QED) is 0.516. The molecule has 0 radical (unpaired) electrons. The van der Waals surface area contributed by atoms with Gasteiger partial charge in [-0.2, -0.15) is 0 Å². The van der Waals surface area contributed by atoms with Crippen molar-refractivity contribution < 1.29 is 17.9 Å². The van der Waals surface area contributed by atoms with Crippen LogP contribution in [0.15, 0.2) is 22.2 Å².